The number of allylic oxidation sites excluding steroid dienone is 1. The van der Waals surface area contributed by atoms with Crippen molar-refractivity contribution >= 4 is 40.1 Å². The summed E-state index contributed by atoms with van der Waals surface area (Å²) in [4.78, 5) is 37.1. The first-order valence-electron chi connectivity index (χ1n) is 13.4. The number of carbonyl (C=O) groups excluding carboxylic acids is 3. The van der Waals surface area contributed by atoms with Crippen molar-refractivity contribution < 1.29 is 37.7 Å². The first kappa shape index (κ1) is 32.0. The van der Waals surface area contributed by atoms with Crippen LogP contribution in [0, 0.1) is 5.82 Å². The highest BCUT2D eigenvalue weighted by atomic mass is 79.9. The summed E-state index contributed by atoms with van der Waals surface area (Å²) in [6.07, 6.45) is 1.45. The second-order valence-electron chi connectivity index (χ2n) is 9.35. The van der Waals surface area contributed by atoms with Gasteiger partial charge in [0.2, 0.25) is 0 Å². The lowest BCUT2D eigenvalue weighted by Gasteiger charge is -2.28. The lowest BCUT2D eigenvalue weighted by Crippen LogP contribution is -2.45. The van der Waals surface area contributed by atoms with Crippen LogP contribution in [0.1, 0.15) is 36.6 Å². The van der Waals surface area contributed by atoms with E-state index < -0.39 is 23.9 Å². The van der Waals surface area contributed by atoms with E-state index in [2.05, 4.69) is 37.1 Å². The van der Waals surface area contributed by atoms with Crippen LogP contribution in [0.2, 0.25) is 0 Å². The molecular weight excluding hydrogens is 639 g/mol. The van der Waals surface area contributed by atoms with E-state index >= 15 is 0 Å². The molecule has 0 bridgehead atoms. The Morgan fingerprint density at radius 2 is 1.84 bits per heavy atom. The van der Waals surface area contributed by atoms with E-state index in [1.165, 1.54) is 19.4 Å². The maximum Gasteiger partial charge on any atom is 0.338 e. The van der Waals surface area contributed by atoms with Gasteiger partial charge in [-0.15, -0.1) is 0 Å². The molecule has 1 atom stereocenters. The van der Waals surface area contributed by atoms with Gasteiger partial charge >= 0.3 is 12.0 Å². The van der Waals surface area contributed by atoms with Crippen LogP contribution in [-0.4, -0.2) is 44.4 Å². The zero-order chi connectivity index (χ0) is 31.6. The molecule has 230 valence electrons. The number of amides is 3. The lowest BCUT2D eigenvalue weighted by atomic mass is 9.95. The third-order valence-electron chi connectivity index (χ3n) is 6.34. The molecule has 1 heterocycles. The Hall–Kier alpha value is -4.91. The van der Waals surface area contributed by atoms with E-state index in [9.17, 15) is 18.8 Å². The number of ether oxygens (including phenoxy) is 4. The molecule has 0 saturated heterocycles. The van der Waals surface area contributed by atoms with E-state index in [1.807, 2.05) is 0 Å². The van der Waals surface area contributed by atoms with Gasteiger partial charge in [-0.1, -0.05) is 24.3 Å². The number of hydrazone groups is 1. The fourth-order valence-electron chi connectivity index (χ4n) is 4.25. The summed E-state index contributed by atoms with van der Waals surface area (Å²) in [5.74, 6) is -0.348. The van der Waals surface area contributed by atoms with Gasteiger partial charge in [-0.05, 0) is 77.3 Å². The second kappa shape index (κ2) is 15.0. The fraction of sp³-hybridized carbons (Fsp3) is 0.226. The molecule has 3 amide bonds. The van der Waals surface area contributed by atoms with Crippen molar-refractivity contribution in [2.75, 3.05) is 20.3 Å². The van der Waals surface area contributed by atoms with E-state index in [0.29, 0.717) is 32.6 Å². The second-order valence-corrected chi connectivity index (χ2v) is 10.2. The fourth-order valence-corrected chi connectivity index (χ4v) is 4.76. The highest BCUT2D eigenvalue weighted by molar-refractivity contribution is 9.10. The number of nitrogens with zero attached hydrogens (tertiary/aromatic N) is 1. The van der Waals surface area contributed by atoms with E-state index in [1.54, 1.807) is 68.4 Å². The average molecular weight is 670 g/mol. The van der Waals surface area contributed by atoms with Crippen LogP contribution in [-0.2, 0) is 20.9 Å². The van der Waals surface area contributed by atoms with Gasteiger partial charge in [0.05, 0.1) is 36.0 Å². The summed E-state index contributed by atoms with van der Waals surface area (Å²) in [5.41, 5.74) is 4.70. The molecule has 3 aromatic rings. The van der Waals surface area contributed by atoms with Gasteiger partial charge in [-0.25, -0.2) is 19.4 Å². The molecule has 0 aliphatic carbocycles. The molecule has 0 aromatic heterocycles. The molecule has 44 heavy (non-hydrogen) atoms. The number of hydrogen-bond acceptors (Lipinski definition) is 8. The van der Waals surface area contributed by atoms with Gasteiger partial charge in [0.15, 0.2) is 18.1 Å². The predicted octanol–water partition coefficient (Wildman–Crippen LogP) is 4.90. The Morgan fingerprint density at radius 3 is 2.57 bits per heavy atom. The Labute approximate surface area is 261 Å². The van der Waals surface area contributed by atoms with Gasteiger partial charge in [0, 0.05) is 11.3 Å². The average Bonchev–Trinajstić information content (AvgIpc) is 3.00. The first-order chi connectivity index (χ1) is 21.2. The lowest BCUT2D eigenvalue weighted by molar-refractivity contribution is -0.139. The van der Waals surface area contributed by atoms with Crippen LogP contribution in [0.3, 0.4) is 0 Å². The highest BCUT2D eigenvalue weighted by Crippen LogP contribution is 2.34. The Bertz CT molecular complexity index is 1610. The molecule has 0 fully saturated rings. The molecule has 0 unspecified atom stereocenters. The summed E-state index contributed by atoms with van der Waals surface area (Å²) < 4.78 is 36.4. The number of rotatable bonds is 12. The number of carbonyl (C=O) groups is 3. The summed E-state index contributed by atoms with van der Waals surface area (Å²) in [6.45, 7) is 3.19. The van der Waals surface area contributed by atoms with Crippen molar-refractivity contribution in [1.82, 2.24) is 16.1 Å². The molecule has 0 spiro atoms. The molecule has 1 aliphatic rings. The smallest absolute Gasteiger partial charge is 0.338 e. The van der Waals surface area contributed by atoms with Crippen LogP contribution >= 0.6 is 15.9 Å². The quantitative estimate of drug-likeness (QED) is 0.142. The van der Waals surface area contributed by atoms with E-state index in [4.69, 9.17) is 18.9 Å². The minimum atomic E-state index is -0.782. The number of hydrogen-bond donors (Lipinski definition) is 3. The first-order valence-corrected chi connectivity index (χ1v) is 14.2. The normalized spacial score (nSPS) is 14.5. The predicted molar refractivity (Wildman–Crippen MR) is 163 cm³/mol. The van der Waals surface area contributed by atoms with Gasteiger partial charge in [-0.2, -0.15) is 5.10 Å². The maximum atomic E-state index is 13.8. The molecular formula is C31H30BrFN4O7. The van der Waals surface area contributed by atoms with E-state index in [0.717, 1.165) is 0 Å². The van der Waals surface area contributed by atoms with Crippen molar-refractivity contribution in [3.05, 3.63) is 98.9 Å². The van der Waals surface area contributed by atoms with Gasteiger partial charge < -0.3 is 29.6 Å². The van der Waals surface area contributed by atoms with Crippen LogP contribution in [0.5, 0.6) is 17.2 Å². The number of urea groups is 1. The Kier molecular flexibility index (Phi) is 10.9. The topological polar surface area (TPSA) is 137 Å². The third-order valence-corrected chi connectivity index (χ3v) is 6.96. The summed E-state index contributed by atoms with van der Waals surface area (Å²) in [5, 5.41) is 9.27. The van der Waals surface area contributed by atoms with Gasteiger partial charge in [0.25, 0.3) is 5.91 Å². The molecule has 0 saturated carbocycles. The molecule has 1 aliphatic heterocycles. The standard InChI is InChI=1S/C31H30BrFN4O7/c1-4-42-30(39)28-18(2)35-31(40)36-29(28)20-10-12-25(26(14-20)41-3)44-17-27(38)37-34-15-19-9-11-24(22(32)13-19)43-16-21-7-5-6-8-23(21)33/h5-15,29H,4,16-17H2,1-3H3,(H,37,38)(H2,35,36,40)/b34-15-/t29-/m0/s1. The van der Waals surface area contributed by atoms with Crippen molar-refractivity contribution in [3.8, 4) is 17.2 Å². The van der Waals surface area contributed by atoms with Gasteiger partial charge in [-0.3, -0.25) is 4.79 Å². The molecule has 0 radical (unpaired) electrons. The highest BCUT2D eigenvalue weighted by Gasteiger charge is 2.32. The molecule has 3 N–H and O–H groups in total. The van der Waals surface area contributed by atoms with Crippen LogP contribution < -0.4 is 30.3 Å². The maximum absolute atomic E-state index is 13.8. The van der Waals surface area contributed by atoms with Crippen molar-refractivity contribution in [2.45, 2.75) is 26.5 Å². The molecule has 4 rings (SSSR count). The Balaban J connectivity index is 1.34. The van der Waals surface area contributed by atoms with Crippen molar-refractivity contribution in [1.29, 1.82) is 0 Å². The van der Waals surface area contributed by atoms with Crippen LogP contribution in [0.25, 0.3) is 0 Å². The van der Waals surface area contributed by atoms with Crippen molar-refractivity contribution in [2.24, 2.45) is 5.10 Å². The zero-order valence-electron chi connectivity index (χ0n) is 24.1. The number of esters is 1. The summed E-state index contributed by atoms with van der Waals surface area (Å²) in [6, 6.07) is 15.1. The number of halogens is 2. The summed E-state index contributed by atoms with van der Waals surface area (Å²) in [7, 11) is 1.43. The number of methoxy groups -OCH3 is 1. The zero-order valence-corrected chi connectivity index (χ0v) is 25.7. The third kappa shape index (κ3) is 8.13. The minimum Gasteiger partial charge on any atom is -0.493 e. The van der Waals surface area contributed by atoms with E-state index in [-0.39, 0.29) is 42.7 Å². The monoisotopic (exact) mass is 668 g/mol. The summed E-state index contributed by atoms with van der Waals surface area (Å²) >= 11 is 3.43. The largest absolute Gasteiger partial charge is 0.493 e. The molecule has 11 nitrogen and oxygen atoms in total. The molecule has 3 aromatic carbocycles. The SMILES string of the molecule is CCOC(=O)C1=C(C)NC(=O)N[C@H]1c1ccc(OCC(=O)N/N=C\c2ccc(OCc3ccccc3F)c(Br)c2)c(OC)c1. The van der Waals surface area contributed by atoms with Crippen LogP contribution in [0.4, 0.5) is 9.18 Å². The van der Waals surface area contributed by atoms with Gasteiger partial charge in [0.1, 0.15) is 18.2 Å². The molecule has 13 heteroatoms. The Morgan fingerprint density at radius 1 is 1.07 bits per heavy atom. The number of benzene rings is 3. The minimum absolute atomic E-state index is 0.0717. The van der Waals surface area contributed by atoms with Crippen LogP contribution in [0.15, 0.2) is 81.5 Å². The van der Waals surface area contributed by atoms with Crippen molar-refractivity contribution in [3.63, 3.8) is 0 Å². The number of nitrogens with one attached hydrogen (secondary N) is 3.